The van der Waals surface area contributed by atoms with E-state index in [4.69, 9.17) is 13.6 Å². The second-order valence-corrected chi connectivity index (χ2v) is 24.0. The van der Waals surface area contributed by atoms with Gasteiger partial charge in [0.25, 0.3) is 0 Å². The summed E-state index contributed by atoms with van der Waals surface area (Å²) in [4.78, 5) is 11.9. The molecule has 0 aromatic carbocycles. The highest BCUT2D eigenvalue weighted by atomic mass is 28.4. The van der Waals surface area contributed by atoms with Crippen LogP contribution in [0.1, 0.15) is 93.4 Å². The van der Waals surface area contributed by atoms with Gasteiger partial charge in [0.1, 0.15) is 6.10 Å². The molecule has 6 heteroatoms. The summed E-state index contributed by atoms with van der Waals surface area (Å²) in [5.41, 5.74) is 0. The van der Waals surface area contributed by atoms with Crippen LogP contribution in [0.2, 0.25) is 36.3 Å². The molecule has 2 aliphatic rings. The summed E-state index contributed by atoms with van der Waals surface area (Å²) >= 11 is 0. The first-order chi connectivity index (χ1) is 17.5. The Bertz CT molecular complexity index is 845. The minimum absolute atomic E-state index is 0.0786. The van der Waals surface area contributed by atoms with Crippen molar-refractivity contribution in [3.63, 3.8) is 0 Å². The average molecular weight is 563 g/mol. The molecule has 1 aliphatic heterocycles. The number of cyclic esters (lactones) is 1. The molecule has 0 radical (unpaired) electrons. The van der Waals surface area contributed by atoms with Crippen LogP contribution in [0.15, 0.2) is 36.5 Å². The predicted octanol–water partition coefficient (Wildman–Crippen LogP) is 9.36. The first-order valence-corrected chi connectivity index (χ1v) is 20.8. The minimum atomic E-state index is -1.99. The van der Waals surface area contributed by atoms with Crippen LogP contribution in [0.4, 0.5) is 0 Å². The van der Waals surface area contributed by atoms with Crippen molar-refractivity contribution < 1.29 is 18.4 Å². The van der Waals surface area contributed by atoms with Crippen LogP contribution >= 0.6 is 0 Å². The first kappa shape index (κ1) is 33.3. The maximum absolute atomic E-state index is 11.9. The molecule has 0 aromatic heterocycles. The quantitative estimate of drug-likeness (QED) is 0.143. The maximum Gasteiger partial charge on any atom is 0.306 e. The maximum atomic E-state index is 11.9. The smallest absolute Gasteiger partial charge is 0.306 e. The van der Waals surface area contributed by atoms with Crippen molar-refractivity contribution in [2.45, 2.75) is 148 Å². The molecule has 0 N–H and O–H groups in total. The monoisotopic (exact) mass is 562 g/mol. The molecule has 0 aromatic rings. The topological polar surface area (TPSA) is 44.8 Å². The van der Waals surface area contributed by atoms with Gasteiger partial charge in [0.2, 0.25) is 0 Å². The van der Waals surface area contributed by atoms with E-state index in [1.165, 1.54) is 0 Å². The van der Waals surface area contributed by atoms with E-state index >= 15 is 0 Å². The Kier molecular flexibility index (Phi) is 11.9. The van der Waals surface area contributed by atoms with E-state index in [-0.39, 0.29) is 40.3 Å². The zero-order valence-electron chi connectivity index (χ0n) is 26.4. The lowest BCUT2D eigenvalue weighted by molar-refractivity contribution is -0.150. The molecule has 5 atom stereocenters. The summed E-state index contributed by atoms with van der Waals surface area (Å²) in [6.45, 7) is 25.5. The van der Waals surface area contributed by atoms with E-state index < -0.39 is 16.6 Å². The highest BCUT2D eigenvalue weighted by Gasteiger charge is 2.50. The van der Waals surface area contributed by atoms with Gasteiger partial charge in [-0.05, 0) is 86.8 Å². The molecule has 2 rings (SSSR count). The van der Waals surface area contributed by atoms with E-state index in [9.17, 15) is 4.79 Å². The SMILES string of the molecule is CC/C=C\C/C=C\C[C@@H]1[C@H](/C=C/[C@@H]2CCCC(=O)O2)[C@@H](O[Si](C)(C)C(C)(C)C)C[C@H]1O[Si](C)(C)C(C)(C)C. The number of carbonyl (C=O) groups is 1. The number of ether oxygens (including phenoxy) is 1. The van der Waals surface area contributed by atoms with Crippen LogP contribution in [-0.2, 0) is 18.4 Å². The highest BCUT2D eigenvalue weighted by molar-refractivity contribution is 6.74. The van der Waals surface area contributed by atoms with Crippen molar-refractivity contribution in [1.82, 2.24) is 0 Å². The van der Waals surface area contributed by atoms with Gasteiger partial charge >= 0.3 is 5.97 Å². The van der Waals surface area contributed by atoms with Crippen molar-refractivity contribution >= 4 is 22.6 Å². The highest BCUT2D eigenvalue weighted by Crippen LogP contribution is 2.48. The molecule has 4 nitrogen and oxygen atoms in total. The molecule has 1 saturated heterocycles. The lowest BCUT2D eigenvalue weighted by atomic mass is 9.89. The van der Waals surface area contributed by atoms with E-state index in [0.717, 1.165) is 38.5 Å². The number of hydrogen-bond acceptors (Lipinski definition) is 4. The van der Waals surface area contributed by atoms with Crippen molar-refractivity contribution in [1.29, 1.82) is 0 Å². The molecule has 0 spiro atoms. The Morgan fingerprint density at radius 1 is 0.868 bits per heavy atom. The Morgan fingerprint density at radius 2 is 1.45 bits per heavy atom. The van der Waals surface area contributed by atoms with E-state index in [2.05, 4.69) is 111 Å². The Balaban J connectivity index is 2.41. The Morgan fingerprint density at radius 3 is 2.00 bits per heavy atom. The molecular weight excluding hydrogens is 505 g/mol. The molecule has 2 fully saturated rings. The summed E-state index contributed by atoms with van der Waals surface area (Å²) in [5.74, 6) is 0.487. The number of esters is 1. The fourth-order valence-electron chi connectivity index (χ4n) is 4.85. The molecule has 0 amide bonds. The average Bonchev–Trinajstić information content (AvgIpc) is 3.07. The fourth-order valence-corrected chi connectivity index (χ4v) is 7.59. The van der Waals surface area contributed by atoms with Gasteiger partial charge in [-0.15, -0.1) is 0 Å². The summed E-state index contributed by atoms with van der Waals surface area (Å²) in [6, 6.07) is 0. The van der Waals surface area contributed by atoms with Gasteiger partial charge in [-0.1, -0.05) is 78.8 Å². The second kappa shape index (κ2) is 13.6. The van der Waals surface area contributed by atoms with Crippen LogP contribution in [0.5, 0.6) is 0 Å². The molecule has 0 bridgehead atoms. The molecule has 0 unspecified atom stereocenters. The largest absolute Gasteiger partial charge is 0.458 e. The third-order valence-electron chi connectivity index (χ3n) is 9.32. The fraction of sp³-hybridized carbons (Fsp3) is 0.781. The number of allylic oxidation sites excluding steroid dienone is 4. The third-order valence-corrected chi connectivity index (χ3v) is 18.3. The van der Waals surface area contributed by atoms with Crippen LogP contribution in [-0.4, -0.2) is 40.9 Å². The Labute approximate surface area is 236 Å². The van der Waals surface area contributed by atoms with Gasteiger partial charge in [-0.2, -0.15) is 0 Å². The van der Waals surface area contributed by atoms with Gasteiger partial charge in [0.15, 0.2) is 16.6 Å². The Hall–Kier alpha value is -0.956. The predicted molar refractivity (Wildman–Crippen MR) is 166 cm³/mol. The zero-order valence-corrected chi connectivity index (χ0v) is 28.4. The summed E-state index contributed by atoms with van der Waals surface area (Å²) in [5, 5.41) is 0.290. The van der Waals surface area contributed by atoms with Crippen molar-refractivity contribution in [2.24, 2.45) is 11.8 Å². The van der Waals surface area contributed by atoms with E-state index in [0.29, 0.717) is 12.3 Å². The lowest BCUT2D eigenvalue weighted by Gasteiger charge is -2.40. The van der Waals surface area contributed by atoms with Crippen LogP contribution in [0, 0.1) is 11.8 Å². The molecule has 1 saturated carbocycles. The standard InChI is InChI=1S/C32H58O4Si2/c1-12-13-14-15-16-17-20-26-27(23-22-25-19-18-21-30(33)34-25)29(36-38(10,11)32(5,6)7)24-28(26)35-37(8,9)31(2,3)4/h13-14,16-17,22-23,25-29H,12,15,18-21,24H2,1-11H3/b14-13-,17-16-,23-22+/t25-,26+,27-,28+,29-/m0/s1. The van der Waals surface area contributed by atoms with E-state index in [1.807, 2.05) is 0 Å². The summed E-state index contributed by atoms with van der Waals surface area (Å²) in [7, 11) is -3.96. The molecule has 1 aliphatic carbocycles. The van der Waals surface area contributed by atoms with Crippen LogP contribution in [0.3, 0.4) is 0 Å². The van der Waals surface area contributed by atoms with Crippen LogP contribution in [0.25, 0.3) is 0 Å². The minimum Gasteiger partial charge on any atom is -0.458 e. The summed E-state index contributed by atoms with van der Waals surface area (Å²) in [6.07, 6.45) is 20.0. The van der Waals surface area contributed by atoms with Crippen molar-refractivity contribution in [3.8, 4) is 0 Å². The van der Waals surface area contributed by atoms with Gasteiger partial charge in [-0.25, -0.2) is 0 Å². The van der Waals surface area contributed by atoms with Gasteiger partial charge in [-0.3, -0.25) is 4.79 Å². The normalized spacial score (nSPS) is 28.2. The number of hydrogen-bond donors (Lipinski definition) is 0. The molecular formula is C32H58O4Si2. The van der Waals surface area contributed by atoms with E-state index in [1.54, 1.807) is 0 Å². The number of rotatable bonds is 11. The summed E-state index contributed by atoms with van der Waals surface area (Å²) < 4.78 is 19.9. The van der Waals surface area contributed by atoms with Gasteiger partial charge in [0.05, 0.1) is 12.2 Å². The zero-order chi connectivity index (χ0) is 28.8. The molecule has 1 heterocycles. The van der Waals surface area contributed by atoms with Crippen molar-refractivity contribution in [3.05, 3.63) is 36.5 Å². The van der Waals surface area contributed by atoms with Crippen molar-refractivity contribution in [2.75, 3.05) is 0 Å². The molecule has 38 heavy (non-hydrogen) atoms. The van der Waals surface area contributed by atoms with Gasteiger partial charge < -0.3 is 13.6 Å². The molecule has 218 valence electrons. The third kappa shape index (κ3) is 9.31. The number of carbonyl (C=O) groups excluding carboxylic acids is 1. The van der Waals surface area contributed by atoms with Gasteiger partial charge in [0, 0.05) is 12.3 Å². The second-order valence-electron chi connectivity index (χ2n) is 14.4. The van der Waals surface area contributed by atoms with Crippen LogP contribution < -0.4 is 0 Å². The lowest BCUT2D eigenvalue weighted by Crippen LogP contribution is -2.45. The first-order valence-electron chi connectivity index (χ1n) is 15.0.